The normalized spacial score (nSPS) is 14.7. The number of aromatic nitrogens is 3. The van der Waals surface area contributed by atoms with E-state index in [9.17, 15) is 27.6 Å². The largest absolute Gasteiger partial charge is 0.616 e. The van der Waals surface area contributed by atoms with E-state index in [1.54, 1.807) is 0 Å². The maximum Gasteiger partial charge on any atom is 0.416 e. The van der Waals surface area contributed by atoms with Gasteiger partial charge in [0.1, 0.15) is 11.5 Å². The highest BCUT2D eigenvalue weighted by atomic mass is 32.2. The van der Waals surface area contributed by atoms with Crippen LogP contribution in [0.15, 0.2) is 78.9 Å². The van der Waals surface area contributed by atoms with E-state index in [1.165, 1.54) is 17.7 Å². The standard InChI is InChI=1S/C29H26F3N5O3S/c30-29(31,32)23-12-10-21(11-13-23)25-34-27(33-24(26(38)39)18-41(40)17-19-6-2-1-3-7-19)36-28(35-25)37-15-14-20-8-4-5-9-22(20)16-37/h1-13,24H,14-18H2,(H,38,39)(H,33,34,35,36)/t24-,41?/m0/s1. The van der Waals surface area contributed by atoms with E-state index in [-0.39, 0.29) is 29.2 Å². The van der Waals surface area contributed by atoms with Crippen molar-refractivity contribution in [2.24, 2.45) is 0 Å². The highest BCUT2D eigenvalue weighted by Gasteiger charge is 2.31. The van der Waals surface area contributed by atoms with Crippen molar-refractivity contribution in [1.82, 2.24) is 15.0 Å². The zero-order valence-corrected chi connectivity index (χ0v) is 22.5. The van der Waals surface area contributed by atoms with Crippen LogP contribution < -0.4 is 10.2 Å². The first-order chi connectivity index (χ1) is 19.7. The summed E-state index contributed by atoms with van der Waals surface area (Å²) in [5.74, 6) is -1.01. The number of hydrogen-bond acceptors (Lipinski definition) is 7. The third-order valence-electron chi connectivity index (χ3n) is 6.63. The van der Waals surface area contributed by atoms with Gasteiger partial charge in [-0.3, -0.25) is 0 Å². The van der Waals surface area contributed by atoms with Crippen LogP contribution in [0.1, 0.15) is 22.3 Å². The average Bonchev–Trinajstić information content (AvgIpc) is 2.96. The summed E-state index contributed by atoms with van der Waals surface area (Å²) in [4.78, 5) is 27.4. The molecule has 2 N–H and O–H groups in total. The lowest BCUT2D eigenvalue weighted by Crippen LogP contribution is -2.38. The molecule has 1 unspecified atom stereocenters. The van der Waals surface area contributed by atoms with Gasteiger partial charge in [-0.05, 0) is 40.9 Å². The first-order valence-corrected chi connectivity index (χ1v) is 14.3. The van der Waals surface area contributed by atoms with Crippen molar-refractivity contribution in [2.45, 2.75) is 30.9 Å². The molecule has 1 aliphatic rings. The summed E-state index contributed by atoms with van der Waals surface area (Å²) >= 11 is -1.51. The van der Waals surface area contributed by atoms with E-state index in [1.807, 2.05) is 59.5 Å². The summed E-state index contributed by atoms with van der Waals surface area (Å²) in [6.45, 7) is 1.08. The van der Waals surface area contributed by atoms with Crippen LogP contribution in [0.2, 0.25) is 0 Å². The Bertz CT molecular complexity index is 1510. The quantitative estimate of drug-likeness (QED) is 0.268. The maximum atomic E-state index is 13.1. The Hall–Kier alpha value is -4.16. The van der Waals surface area contributed by atoms with E-state index in [0.717, 1.165) is 29.7 Å². The van der Waals surface area contributed by atoms with Crippen LogP contribution in [-0.4, -0.2) is 48.9 Å². The molecule has 2 atom stereocenters. The van der Waals surface area contributed by atoms with Gasteiger partial charge >= 0.3 is 12.1 Å². The molecule has 212 valence electrons. The van der Waals surface area contributed by atoms with Gasteiger partial charge in [0.25, 0.3) is 0 Å². The van der Waals surface area contributed by atoms with Gasteiger partial charge in [-0.15, -0.1) is 0 Å². The van der Waals surface area contributed by atoms with Crippen LogP contribution in [0.5, 0.6) is 0 Å². The van der Waals surface area contributed by atoms with Gasteiger partial charge in [0, 0.05) is 24.2 Å². The van der Waals surface area contributed by atoms with Crippen LogP contribution in [0.4, 0.5) is 25.1 Å². The minimum Gasteiger partial charge on any atom is -0.616 e. The Morgan fingerprint density at radius 1 is 0.976 bits per heavy atom. The number of rotatable bonds is 9. The molecule has 0 saturated carbocycles. The Balaban J connectivity index is 1.44. The Morgan fingerprint density at radius 3 is 2.34 bits per heavy atom. The summed E-state index contributed by atoms with van der Waals surface area (Å²) in [7, 11) is 0. The number of nitrogens with zero attached hydrogens (tertiary/aromatic N) is 4. The fraction of sp³-hybridized carbons (Fsp3) is 0.241. The van der Waals surface area contributed by atoms with Crippen molar-refractivity contribution in [3.8, 4) is 11.4 Å². The molecule has 4 aromatic rings. The highest BCUT2D eigenvalue weighted by Crippen LogP contribution is 2.31. The number of carboxylic acids is 1. The van der Waals surface area contributed by atoms with Gasteiger partial charge < -0.3 is 19.9 Å². The molecule has 41 heavy (non-hydrogen) atoms. The van der Waals surface area contributed by atoms with Crippen LogP contribution >= 0.6 is 0 Å². The maximum absolute atomic E-state index is 13.1. The lowest BCUT2D eigenvalue weighted by atomic mass is 10.0. The second kappa shape index (κ2) is 12.1. The molecule has 12 heteroatoms. The monoisotopic (exact) mass is 581 g/mol. The molecule has 8 nitrogen and oxygen atoms in total. The van der Waals surface area contributed by atoms with E-state index in [0.29, 0.717) is 18.7 Å². The van der Waals surface area contributed by atoms with Crippen molar-refractivity contribution in [3.63, 3.8) is 0 Å². The van der Waals surface area contributed by atoms with Gasteiger partial charge in [0.2, 0.25) is 11.9 Å². The predicted octanol–water partition coefficient (Wildman–Crippen LogP) is 4.93. The Kier molecular flexibility index (Phi) is 8.41. The SMILES string of the molecule is O=C(O)[C@H](C[S+]([O-])Cc1ccccc1)Nc1nc(-c2ccc(C(F)(F)F)cc2)nc(N2CCc3ccccc3C2)n1. The number of carbonyl (C=O) groups is 1. The number of nitrogens with one attached hydrogen (secondary N) is 1. The number of benzene rings is 3. The number of aliphatic carboxylic acids is 1. The molecule has 0 spiro atoms. The molecule has 0 saturated heterocycles. The number of halogens is 3. The Morgan fingerprint density at radius 2 is 1.66 bits per heavy atom. The molecule has 3 aromatic carbocycles. The van der Waals surface area contributed by atoms with Gasteiger partial charge in [-0.25, -0.2) is 4.79 Å². The molecule has 1 aromatic heterocycles. The lowest BCUT2D eigenvalue weighted by molar-refractivity contribution is -0.138. The fourth-order valence-electron chi connectivity index (χ4n) is 4.51. The van der Waals surface area contributed by atoms with E-state index in [2.05, 4.69) is 20.3 Å². The second-order valence-electron chi connectivity index (χ2n) is 9.57. The number of hydrogen-bond donors (Lipinski definition) is 2. The van der Waals surface area contributed by atoms with E-state index in [4.69, 9.17) is 0 Å². The van der Waals surface area contributed by atoms with Crippen molar-refractivity contribution in [2.75, 3.05) is 22.5 Å². The number of alkyl halides is 3. The summed E-state index contributed by atoms with van der Waals surface area (Å²) in [6, 6.07) is 20.2. The van der Waals surface area contributed by atoms with Crippen molar-refractivity contribution < 1.29 is 27.6 Å². The molecule has 0 aliphatic carbocycles. The topological polar surface area (TPSA) is 114 Å². The highest BCUT2D eigenvalue weighted by molar-refractivity contribution is 7.90. The van der Waals surface area contributed by atoms with Crippen molar-refractivity contribution >= 4 is 29.0 Å². The number of anilines is 2. The van der Waals surface area contributed by atoms with Crippen LogP contribution in [0.3, 0.4) is 0 Å². The van der Waals surface area contributed by atoms with Gasteiger partial charge in [0.05, 0.1) is 5.56 Å². The zero-order chi connectivity index (χ0) is 29.0. The molecular weight excluding hydrogens is 555 g/mol. The lowest BCUT2D eigenvalue weighted by Gasteiger charge is -2.29. The summed E-state index contributed by atoms with van der Waals surface area (Å²) in [6.07, 6.45) is -3.77. The van der Waals surface area contributed by atoms with E-state index >= 15 is 0 Å². The number of carboxylic acid groups (broad SMARTS) is 1. The number of fused-ring (bicyclic) bond motifs is 1. The van der Waals surface area contributed by atoms with Gasteiger partial charge in [-0.2, -0.15) is 28.1 Å². The van der Waals surface area contributed by atoms with Crippen molar-refractivity contribution in [3.05, 3.63) is 101 Å². The fourth-order valence-corrected chi connectivity index (χ4v) is 5.79. The summed E-state index contributed by atoms with van der Waals surface area (Å²) in [5.41, 5.74) is 2.60. The zero-order valence-electron chi connectivity index (χ0n) is 21.7. The smallest absolute Gasteiger partial charge is 0.416 e. The summed E-state index contributed by atoms with van der Waals surface area (Å²) < 4.78 is 52.2. The summed E-state index contributed by atoms with van der Waals surface area (Å²) in [5, 5.41) is 12.7. The first kappa shape index (κ1) is 28.4. The second-order valence-corrected chi connectivity index (χ2v) is 11.1. The molecule has 0 bridgehead atoms. The third-order valence-corrected chi connectivity index (χ3v) is 7.99. The average molecular weight is 582 g/mol. The van der Waals surface area contributed by atoms with E-state index < -0.39 is 34.9 Å². The molecule has 2 heterocycles. The molecule has 5 rings (SSSR count). The third kappa shape index (κ3) is 7.14. The minimum absolute atomic E-state index is 0.0760. The van der Waals surface area contributed by atoms with Crippen LogP contribution in [0, 0.1) is 0 Å². The van der Waals surface area contributed by atoms with Crippen LogP contribution in [0.25, 0.3) is 11.4 Å². The first-order valence-electron chi connectivity index (χ1n) is 12.8. The predicted molar refractivity (Wildman–Crippen MR) is 150 cm³/mol. The van der Waals surface area contributed by atoms with Crippen LogP contribution in [-0.2, 0) is 40.9 Å². The Labute approximate surface area is 237 Å². The molecular formula is C29H26F3N5O3S. The molecule has 0 radical (unpaired) electrons. The molecule has 1 aliphatic heterocycles. The van der Waals surface area contributed by atoms with Crippen molar-refractivity contribution in [1.29, 1.82) is 0 Å². The van der Waals surface area contributed by atoms with Gasteiger partial charge in [-0.1, -0.05) is 66.7 Å². The molecule has 0 fully saturated rings. The van der Waals surface area contributed by atoms with Gasteiger partial charge in [0.15, 0.2) is 11.9 Å². The minimum atomic E-state index is -4.50. The molecule has 0 amide bonds.